The van der Waals surface area contributed by atoms with Gasteiger partial charge in [-0.15, -0.1) is 0 Å². The number of nitrogens with zero attached hydrogens (tertiary/aromatic N) is 2. The van der Waals surface area contributed by atoms with Gasteiger partial charge in [0.2, 0.25) is 11.8 Å². The van der Waals surface area contributed by atoms with Crippen molar-refractivity contribution in [3.8, 4) is 0 Å². The molecule has 2 aromatic rings. The Morgan fingerprint density at radius 1 is 1.10 bits per heavy atom. The van der Waals surface area contributed by atoms with Gasteiger partial charge in [0.25, 0.3) is 0 Å². The zero-order valence-electron chi connectivity index (χ0n) is 17.9. The molecule has 1 N–H and O–H groups in total. The Hall–Kier alpha value is -3.09. The van der Waals surface area contributed by atoms with E-state index >= 15 is 0 Å². The second-order valence-electron chi connectivity index (χ2n) is 8.31. The van der Waals surface area contributed by atoms with E-state index in [1.807, 2.05) is 49.4 Å². The minimum Gasteiger partial charge on any atom is -0.444 e. The minimum atomic E-state index is -0.238. The Kier molecular flexibility index (Phi) is 6.39. The smallest absolute Gasteiger partial charge is 0.410 e. The Bertz CT molecular complexity index is 968. The van der Waals surface area contributed by atoms with E-state index < -0.39 is 0 Å². The van der Waals surface area contributed by atoms with Crippen molar-refractivity contribution >= 4 is 28.7 Å². The van der Waals surface area contributed by atoms with Crippen molar-refractivity contribution in [2.45, 2.75) is 44.8 Å². The lowest BCUT2D eigenvalue weighted by atomic mass is 10.0. The highest BCUT2D eigenvalue weighted by atomic mass is 16.6. The molecule has 0 spiro atoms. The number of benzene rings is 2. The third-order valence-electron chi connectivity index (χ3n) is 6.23. The molecule has 7 nitrogen and oxygen atoms in total. The van der Waals surface area contributed by atoms with E-state index in [9.17, 15) is 14.4 Å². The molecule has 2 aliphatic heterocycles. The largest absolute Gasteiger partial charge is 0.444 e. The van der Waals surface area contributed by atoms with E-state index in [0.717, 1.165) is 35.6 Å². The molecule has 2 aliphatic rings. The number of hydrogen-bond donors (Lipinski definition) is 1. The van der Waals surface area contributed by atoms with Crippen LogP contribution in [0.2, 0.25) is 0 Å². The first-order valence-electron chi connectivity index (χ1n) is 11.0. The van der Waals surface area contributed by atoms with Crippen molar-refractivity contribution in [3.63, 3.8) is 0 Å². The quantitative estimate of drug-likeness (QED) is 0.775. The fourth-order valence-electron chi connectivity index (χ4n) is 4.36. The molecule has 2 heterocycles. The topological polar surface area (TPSA) is 79.0 Å². The first-order valence-corrected chi connectivity index (χ1v) is 11.0. The van der Waals surface area contributed by atoms with E-state index in [0.29, 0.717) is 19.6 Å². The third-order valence-corrected chi connectivity index (χ3v) is 6.23. The number of rotatable bonds is 6. The van der Waals surface area contributed by atoms with Crippen LogP contribution >= 0.6 is 0 Å². The number of likely N-dealkylation sites (tertiary alicyclic amines) is 1. The Morgan fingerprint density at radius 3 is 2.55 bits per heavy atom. The van der Waals surface area contributed by atoms with Gasteiger partial charge in [0.1, 0.15) is 6.10 Å². The number of fused-ring (bicyclic) bond motifs is 1. The lowest BCUT2D eigenvalue weighted by molar-refractivity contribution is -0.133. The fraction of sp³-hybridized carbons (Fsp3) is 0.458. The lowest BCUT2D eigenvalue weighted by Crippen LogP contribution is -2.49. The standard InChI is InChI=1S/C24H29N3O4/c1-2-21-16-27(24(30)31-21)20-9-11-26(12-10-20)23(29)15-25-22(28)14-17-7-8-18-5-3-4-6-19(18)13-17/h3-8,13,20-21H,2,9-12,14-16H2,1H3,(H,25,28). The van der Waals surface area contributed by atoms with Crippen LogP contribution in [0.4, 0.5) is 4.79 Å². The van der Waals surface area contributed by atoms with Gasteiger partial charge >= 0.3 is 6.09 Å². The monoisotopic (exact) mass is 423 g/mol. The summed E-state index contributed by atoms with van der Waals surface area (Å²) in [7, 11) is 0. The number of hydrogen-bond acceptors (Lipinski definition) is 4. The van der Waals surface area contributed by atoms with Gasteiger partial charge in [-0.3, -0.25) is 9.59 Å². The molecular weight excluding hydrogens is 394 g/mol. The number of piperidine rings is 1. The summed E-state index contributed by atoms with van der Waals surface area (Å²) >= 11 is 0. The predicted molar refractivity (Wildman–Crippen MR) is 118 cm³/mol. The predicted octanol–water partition coefficient (Wildman–Crippen LogP) is 2.72. The molecule has 164 valence electrons. The summed E-state index contributed by atoms with van der Waals surface area (Å²) < 4.78 is 5.35. The molecule has 0 aromatic heterocycles. The summed E-state index contributed by atoms with van der Waals surface area (Å²) in [5.41, 5.74) is 0.923. The average Bonchev–Trinajstić information content (AvgIpc) is 3.18. The Morgan fingerprint density at radius 2 is 1.84 bits per heavy atom. The van der Waals surface area contributed by atoms with Gasteiger partial charge in [-0.05, 0) is 35.6 Å². The number of carbonyl (C=O) groups excluding carboxylic acids is 3. The van der Waals surface area contributed by atoms with Crippen molar-refractivity contribution < 1.29 is 19.1 Å². The maximum Gasteiger partial charge on any atom is 0.410 e. The van der Waals surface area contributed by atoms with Gasteiger partial charge in [-0.1, -0.05) is 49.4 Å². The van der Waals surface area contributed by atoms with Gasteiger partial charge in [-0.2, -0.15) is 0 Å². The molecule has 3 amide bonds. The highest BCUT2D eigenvalue weighted by molar-refractivity contribution is 5.88. The van der Waals surface area contributed by atoms with Gasteiger partial charge in [-0.25, -0.2) is 4.79 Å². The van der Waals surface area contributed by atoms with Crippen LogP contribution in [0.5, 0.6) is 0 Å². The summed E-state index contributed by atoms with van der Waals surface area (Å²) in [6.07, 6.45) is 2.28. The van der Waals surface area contributed by atoms with Crippen LogP contribution < -0.4 is 5.32 Å². The van der Waals surface area contributed by atoms with Crippen LogP contribution in [0.25, 0.3) is 10.8 Å². The minimum absolute atomic E-state index is 0.000740. The van der Waals surface area contributed by atoms with Crippen LogP contribution in [0.15, 0.2) is 42.5 Å². The lowest BCUT2D eigenvalue weighted by Gasteiger charge is -2.35. The fourth-order valence-corrected chi connectivity index (χ4v) is 4.36. The molecule has 31 heavy (non-hydrogen) atoms. The highest BCUT2D eigenvalue weighted by Crippen LogP contribution is 2.23. The Labute approximate surface area is 182 Å². The van der Waals surface area contributed by atoms with Crippen LogP contribution in [0.1, 0.15) is 31.7 Å². The molecule has 1 unspecified atom stereocenters. The molecule has 4 rings (SSSR count). The first-order chi connectivity index (χ1) is 15.0. The molecular formula is C24H29N3O4. The molecule has 0 aliphatic carbocycles. The summed E-state index contributed by atoms with van der Waals surface area (Å²) in [4.78, 5) is 40.5. The number of ether oxygens (including phenoxy) is 1. The third kappa shape index (κ3) is 4.98. The molecule has 2 aromatic carbocycles. The molecule has 0 saturated carbocycles. The summed E-state index contributed by atoms with van der Waals surface area (Å²) in [5, 5.41) is 4.98. The van der Waals surface area contributed by atoms with E-state index in [1.165, 1.54) is 0 Å². The van der Waals surface area contributed by atoms with Crippen LogP contribution in [0.3, 0.4) is 0 Å². The summed E-state index contributed by atoms with van der Waals surface area (Å²) in [6, 6.07) is 14.1. The van der Waals surface area contributed by atoms with Crippen LogP contribution in [-0.2, 0) is 20.7 Å². The van der Waals surface area contributed by atoms with Gasteiger partial charge < -0.3 is 19.9 Å². The average molecular weight is 424 g/mol. The van der Waals surface area contributed by atoms with E-state index in [-0.39, 0.29) is 43.0 Å². The number of nitrogens with one attached hydrogen (secondary N) is 1. The van der Waals surface area contributed by atoms with E-state index in [4.69, 9.17) is 4.74 Å². The zero-order valence-corrected chi connectivity index (χ0v) is 17.9. The maximum atomic E-state index is 12.5. The summed E-state index contributed by atoms with van der Waals surface area (Å²) in [5.74, 6) is -0.246. The number of amides is 3. The molecule has 2 fully saturated rings. The molecule has 2 saturated heterocycles. The van der Waals surface area contributed by atoms with Crippen molar-refractivity contribution in [1.29, 1.82) is 0 Å². The zero-order chi connectivity index (χ0) is 21.8. The van der Waals surface area contributed by atoms with Gasteiger partial charge in [0, 0.05) is 19.1 Å². The van der Waals surface area contributed by atoms with Crippen molar-refractivity contribution in [2.24, 2.45) is 0 Å². The Balaban J connectivity index is 1.22. The second kappa shape index (κ2) is 9.37. The molecule has 7 heteroatoms. The normalized spacial score (nSPS) is 19.5. The van der Waals surface area contributed by atoms with Gasteiger partial charge in [0.05, 0.1) is 19.5 Å². The number of cyclic esters (lactones) is 1. The van der Waals surface area contributed by atoms with E-state index in [1.54, 1.807) is 9.80 Å². The van der Waals surface area contributed by atoms with Crippen molar-refractivity contribution in [3.05, 3.63) is 48.0 Å². The highest BCUT2D eigenvalue weighted by Gasteiger charge is 2.37. The number of carbonyl (C=O) groups is 3. The van der Waals surface area contributed by atoms with E-state index in [2.05, 4.69) is 5.32 Å². The summed E-state index contributed by atoms with van der Waals surface area (Å²) in [6.45, 7) is 3.83. The molecule has 1 atom stereocenters. The first kappa shape index (κ1) is 21.2. The van der Waals surface area contributed by atoms with Crippen molar-refractivity contribution in [2.75, 3.05) is 26.2 Å². The molecule has 0 bridgehead atoms. The van der Waals surface area contributed by atoms with Gasteiger partial charge in [0.15, 0.2) is 0 Å². The SMILES string of the molecule is CCC1CN(C2CCN(C(=O)CNC(=O)Cc3ccc4ccccc4c3)CC2)C(=O)O1. The van der Waals surface area contributed by atoms with Crippen LogP contribution in [0, 0.1) is 0 Å². The maximum absolute atomic E-state index is 12.5. The molecule has 0 radical (unpaired) electrons. The second-order valence-corrected chi connectivity index (χ2v) is 8.31. The van der Waals surface area contributed by atoms with Crippen LogP contribution in [-0.4, -0.2) is 66.0 Å². The van der Waals surface area contributed by atoms with Crippen molar-refractivity contribution in [1.82, 2.24) is 15.1 Å².